The standard InChI is InChI=1S/C5H9N2.HI/c1-6-3-4-7(2)5-6;/h3-5H,1-2H3;1H/q+1;. The summed E-state index contributed by atoms with van der Waals surface area (Å²) in [5.41, 5.74) is 0. The Hall–Kier alpha value is -0.0600. The maximum atomic E-state index is 2.00. The number of aromatic nitrogens is 2. The van der Waals surface area contributed by atoms with E-state index in [2.05, 4.69) is 0 Å². The average Bonchev–Trinajstić information content (AvgIpc) is 1.87. The van der Waals surface area contributed by atoms with Crippen LogP contribution >= 0.6 is 24.0 Å². The van der Waals surface area contributed by atoms with E-state index in [1.165, 1.54) is 0 Å². The predicted molar refractivity (Wildman–Crippen MR) is 42.0 cm³/mol. The van der Waals surface area contributed by atoms with Gasteiger partial charge in [0.25, 0.3) is 0 Å². The second-order valence-corrected chi connectivity index (χ2v) is 1.74. The smallest absolute Gasteiger partial charge is 0.240 e. The molecule has 46 valence electrons. The Morgan fingerprint density at radius 2 is 2.12 bits per heavy atom. The van der Waals surface area contributed by atoms with Crippen molar-refractivity contribution in [3.8, 4) is 0 Å². The first-order valence-electron chi connectivity index (χ1n) is 2.26. The molecule has 3 heteroatoms. The van der Waals surface area contributed by atoms with Crippen molar-refractivity contribution in [1.82, 2.24) is 4.57 Å². The van der Waals surface area contributed by atoms with Crippen LogP contribution < -0.4 is 4.57 Å². The zero-order chi connectivity index (χ0) is 5.28. The van der Waals surface area contributed by atoms with Crippen molar-refractivity contribution in [3.63, 3.8) is 0 Å². The van der Waals surface area contributed by atoms with Gasteiger partial charge in [-0.1, -0.05) is 0 Å². The van der Waals surface area contributed by atoms with Crippen LogP contribution in [0, 0.1) is 0 Å². The first kappa shape index (κ1) is 7.94. The van der Waals surface area contributed by atoms with Gasteiger partial charge in [-0.25, -0.2) is 9.13 Å². The second kappa shape index (κ2) is 3.06. The van der Waals surface area contributed by atoms with Gasteiger partial charge in [0.2, 0.25) is 6.33 Å². The largest absolute Gasteiger partial charge is 0.243 e. The quantitative estimate of drug-likeness (QED) is 0.448. The Balaban J connectivity index is 0.000000490. The molecule has 0 unspecified atom stereocenters. The van der Waals surface area contributed by atoms with Crippen molar-refractivity contribution in [3.05, 3.63) is 18.7 Å². The van der Waals surface area contributed by atoms with Gasteiger partial charge in [0, 0.05) is 0 Å². The minimum absolute atomic E-state index is 0. The lowest BCUT2D eigenvalue weighted by molar-refractivity contribution is -0.670. The minimum atomic E-state index is 0. The number of halogens is 1. The van der Waals surface area contributed by atoms with Crippen LogP contribution in [-0.4, -0.2) is 4.57 Å². The number of hydrogen-bond acceptors (Lipinski definition) is 0. The molecular formula is C5H10IN2+. The Morgan fingerprint density at radius 3 is 2.25 bits per heavy atom. The number of nitrogens with zero attached hydrogens (tertiary/aromatic N) is 2. The lowest BCUT2D eigenvalue weighted by Gasteiger charge is -1.72. The van der Waals surface area contributed by atoms with E-state index in [1.807, 2.05) is 42.0 Å². The van der Waals surface area contributed by atoms with Gasteiger partial charge in [0.1, 0.15) is 12.4 Å². The normalized spacial score (nSPS) is 8.25. The highest BCUT2D eigenvalue weighted by Gasteiger charge is 1.87. The van der Waals surface area contributed by atoms with E-state index in [4.69, 9.17) is 0 Å². The van der Waals surface area contributed by atoms with E-state index in [0.29, 0.717) is 0 Å². The van der Waals surface area contributed by atoms with E-state index in [-0.39, 0.29) is 24.0 Å². The summed E-state index contributed by atoms with van der Waals surface area (Å²) in [6.45, 7) is 0. The molecule has 0 aromatic carbocycles. The third kappa shape index (κ3) is 1.81. The van der Waals surface area contributed by atoms with E-state index in [1.54, 1.807) is 0 Å². The van der Waals surface area contributed by atoms with E-state index < -0.39 is 0 Å². The topological polar surface area (TPSA) is 8.81 Å². The molecule has 0 aliphatic carbocycles. The van der Waals surface area contributed by atoms with Gasteiger partial charge in [0.05, 0.1) is 14.1 Å². The predicted octanol–water partition coefficient (Wildman–Crippen LogP) is 0.468. The highest BCUT2D eigenvalue weighted by Crippen LogP contribution is 1.70. The highest BCUT2D eigenvalue weighted by atomic mass is 127. The molecule has 1 aromatic heterocycles. The molecule has 1 aromatic rings. The summed E-state index contributed by atoms with van der Waals surface area (Å²) in [6.07, 6.45) is 6.00. The van der Waals surface area contributed by atoms with Gasteiger partial charge in [-0.2, -0.15) is 0 Å². The average molecular weight is 225 g/mol. The summed E-state index contributed by atoms with van der Waals surface area (Å²) in [5.74, 6) is 0. The van der Waals surface area contributed by atoms with Crippen LogP contribution in [-0.2, 0) is 14.1 Å². The Bertz CT molecular complexity index is 143. The Labute approximate surface area is 66.2 Å². The molecule has 0 atom stereocenters. The summed E-state index contributed by atoms with van der Waals surface area (Å²) in [7, 11) is 4.00. The first-order chi connectivity index (χ1) is 3.29. The molecule has 1 rings (SSSR count). The van der Waals surface area contributed by atoms with E-state index in [0.717, 1.165) is 0 Å². The molecule has 2 nitrogen and oxygen atoms in total. The maximum Gasteiger partial charge on any atom is 0.243 e. The van der Waals surface area contributed by atoms with Crippen LogP contribution in [0.2, 0.25) is 0 Å². The minimum Gasteiger partial charge on any atom is -0.240 e. The zero-order valence-corrected chi connectivity index (χ0v) is 7.37. The number of hydrogen-bond donors (Lipinski definition) is 0. The molecule has 0 fully saturated rings. The SMILES string of the molecule is Cn1cc[n+](C)c1.I. The van der Waals surface area contributed by atoms with Crippen LogP contribution in [0.25, 0.3) is 0 Å². The molecule has 1 heterocycles. The molecule has 0 radical (unpaired) electrons. The van der Waals surface area contributed by atoms with E-state index in [9.17, 15) is 0 Å². The van der Waals surface area contributed by atoms with Crippen LogP contribution in [0.4, 0.5) is 0 Å². The monoisotopic (exact) mass is 225 g/mol. The number of rotatable bonds is 0. The third-order valence-electron chi connectivity index (χ3n) is 0.901. The van der Waals surface area contributed by atoms with Gasteiger partial charge in [-0.3, -0.25) is 0 Å². The van der Waals surface area contributed by atoms with Gasteiger partial charge in [-0.05, 0) is 0 Å². The van der Waals surface area contributed by atoms with Gasteiger partial charge in [0.15, 0.2) is 0 Å². The molecule has 0 N–H and O–H groups in total. The Kier molecular flexibility index (Phi) is 3.04. The van der Waals surface area contributed by atoms with Crippen molar-refractivity contribution in [2.45, 2.75) is 0 Å². The van der Waals surface area contributed by atoms with Crippen LogP contribution in [0.5, 0.6) is 0 Å². The zero-order valence-electron chi connectivity index (χ0n) is 5.03. The van der Waals surface area contributed by atoms with Crippen molar-refractivity contribution < 1.29 is 4.57 Å². The summed E-state index contributed by atoms with van der Waals surface area (Å²) in [6, 6.07) is 0. The van der Waals surface area contributed by atoms with Gasteiger partial charge < -0.3 is 0 Å². The first-order valence-corrected chi connectivity index (χ1v) is 2.26. The fourth-order valence-electron chi connectivity index (χ4n) is 0.575. The van der Waals surface area contributed by atoms with Crippen LogP contribution in [0.3, 0.4) is 0 Å². The number of imidazole rings is 1. The van der Waals surface area contributed by atoms with E-state index >= 15 is 0 Å². The molecule has 0 spiro atoms. The molecule has 0 amide bonds. The van der Waals surface area contributed by atoms with Crippen molar-refractivity contribution in [1.29, 1.82) is 0 Å². The van der Waals surface area contributed by atoms with Crippen LogP contribution in [0.1, 0.15) is 0 Å². The van der Waals surface area contributed by atoms with Gasteiger partial charge in [-0.15, -0.1) is 24.0 Å². The van der Waals surface area contributed by atoms with Gasteiger partial charge >= 0.3 is 0 Å². The van der Waals surface area contributed by atoms with Crippen molar-refractivity contribution in [2.75, 3.05) is 0 Å². The number of aryl methyl sites for hydroxylation is 2. The molecule has 0 aliphatic heterocycles. The molecule has 8 heavy (non-hydrogen) atoms. The second-order valence-electron chi connectivity index (χ2n) is 1.74. The summed E-state index contributed by atoms with van der Waals surface area (Å²) in [5, 5.41) is 0. The molecule has 0 saturated heterocycles. The van der Waals surface area contributed by atoms with Crippen molar-refractivity contribution in [2.24, 2.45) is 14.1 Å². The fourth-order valence-corrected chi connectivity index (χ4v) is 0.575. The molecule has 0 bridgehead atoms. The third-order valence-corrected chi connectivity index (χ3v) is 0.901. The molecule has 0 aliphatic rings. The fraction of sp³-hybridized carbons (Fsp3) is 0.400. The maximum absolute atomic E-state index is 2.00. The summed E-state index contributed by atoms with van der Waals surface area (Å²) < 4.78 is 4.00. The van der Waals surface area contributed by atoms with Crippen molar-refractivity contribution >= 4 is 24.0 Å². The summed E-state index contributed by atoms with van der Waals surface area (Å²) in [4.78, 5) is 0. The summed E-state index contributed by atoms with van der Waals surface area (Å²) >= 11 is 0. The molecular weight excluding hydrogens is 215 g/mol. The lowest BCUT2D eigenvalue weighted by Crippen LogP contribution is -2.23. The Morgan fingerprint density at radius 1 is 1.50 bits per heavy atom. The lowest BCUT2D eigenvalue weighted by atomic mass is 10.9. The highest BCUT2D eigenvalue weighted by molar-refractivity contribution is 14.0. The van der Waals surface area contributed by atoms with Crippen LogP contribution in [0.15, 0.2) is 18.7 Å². The molecule has 0 saturated carbocycles.